The molecule has 1 saturated heterocycles. The third-order valence-electron chi connectivity index (χ3n) is 4.14. The van der Waals surface area contributed by atoms with Gasteiger partial charge in [0.25, 0.3) is 5.91 Å². The second kappa shape index (κ2) is 9.07. The smallest absolute Gasteiger partial charge is 0.317 e. The first-order valence-electron chi connectivity index (χ1n) is 8.63. The molecular formula is C18H25N3O5. The molecule has 8 nitrogen and oxygen atoms in total. The Morgan fingerprint density at radius 1 is 1.19 bits per heavy atom. The van der Waals surface area contributed by atoms with E-state index < -0.39 is 12.1 Å². The van der Waals surface area contributed by atoms with Crippen LogP contribution in [0.1, 0.15) is 18.9 Å². The van der Waals surface area contributed by atoms with Crippen LogP contribution in [0.15, 0.2) is 24.3 Å². The Labute approximate surface area is 152 Å². The Hall–Kier alpha value is -2.77. The number of benzene rings is 1. The summed E-state index contributed by atoms with van der Waals surface area (Å²) in [7, 11) is 0. The van der Waals surface area contributed by atoms with Crippen molar-refractivity contribution in [2.24, 2.45) is 0 Å². The van der Waals surface area contributed by atoms with Crippen molar-refractivity contribution in [1.29, 1.82) is 0 Å². The molecule has 0 aliphatic carbocycles. The number of aryl methyl sites for hydroxylation is 1. The van der Waals surface area contributed by atoms with Crippen LogP contribution in [0, 0.1) is 6.92 Å². The highest BCUT2D eigenvalue weighted by atomic mass is 16.5. The minimum atomic E-state index is -0.955. The topological polar surface area (TPSA) is 99.2 Å². The lowest BCUT2D eigenvalue weighted by atomic mass is 10.2. The van der Waals surface area contributed by atoms with Gasteiger partial charge in [-0.2, -0.15) is 0 Å². The van der Waals surface area contributed by atoms with Gasteiger partial charge in [0.05, 0.1) is 6.42 Å². The van der Waals surface area contributed by atoms with Gasteiger partial charge in [-0.1, -0.05) is 12.1 Å². The summed E-state index contributed by atoms with van der Waals surface area (Å²) in [6.45, 7) is 5.42. The molecule has 1 unspecified atom stereocenters. The summed E-state index contributed by atoms with van der Waals surface area (Å²) in [5.41, 5.74) is 1.06. The maximum atomic E-state index is 12.5. The van der Waals surface area contributed by atoms with Crippen molar-refractivity contribution < 1.29 is 24.2 Å². The Balaban J connectivity index is 1.78. The molecule has 1 atom stereocenters. The second-order valence-electron chi connectivity index (χ2n) is 6.26. The van der Waals surface area contributed by atoms with E-state index in [4.69, 9.17) is 9.84 Å². The van der Waals surface area contributed by atoms with Gasteiger partial charge in [-0.25, -0.2) is 4.79 Å². The Morgan fingerprint density at radius 3 is 2.46 bits per heavy atom. The van der Waals surface area contributed by atoms with Crippen LogP contribution in [0.3, 0.4) is 0 Å². The van der Waals surface area contributed by atoms with Crippen molar-refractivity contribution in [1.82, 2.24) is 15.1 Å². The van der Waals surface area contributed by atoms with Crippen molar-refractivity contribution in [3.63, 3.8) is 0 Å². The van der Waals surface area contributed by atoms with Gasteiger partial charge in [-0.05, 0) is 31.5 Å². The summed E-state index contributed by atoms with van der Waals surface area (Å²) in [4.78, 5) is 38.2. The van der Waals surface area contributed by atoms with Crippen LogP contribution in [-0.4, -0.2) is 71.6 Å². The summed E-state index contributed by atoms with van der Waals surface area (Å²) in [5.74, 6) is -0.414. The minimum absolute atomic E-state index is 0.0919. The first kappa shape index (κ1) is 19.6. The highest BCUT2D eigenvalue weighted by Crippen LogP contribution is 2.15. The Morgan fingerprint density at radius 2 is 1.85 bits per heavy atom. The van der Waals surface area contributed by atoms with Crippen molar-refractivity contribution in [3.8, 4) is 5.75 Å². The molecule has 3 amide bonds. The molecule has 2 rings (SSSR count). The number of piperazine rings is 1. The van der Waals surface area contributed by atoms with Gasteiger partial charge in [0, 0.05) is 32.7 Å². The zero-order chi connectivity index (χ0) is 19.1. The molecule has 0 spiro atoms. The summed E-state index contributed by atoms with van der Waals surface area (Å²) in [6.07, 6.45) is -0.717. The van der Waals surface area contributed by atoms with E-state index in [-0.39, 0.29) is 24.9 Å². The fourth-order valence-electron chi connectivity index (χ4n) is 2.72. The number of amides is 3. The molecule has 0 bridgehead atoms. The minimum Gasteiger partial charge on any atom is -0.481 e. The first-order valence-corrected chi connectivity index (χ1v) is 8.63. The molecule has 1 fully saturated rings. The lowest BCUT2D eigenvalue weighted by Crippen LogP contribution is -2.55. The molecule has 142 valence electrons. The average Bonchev–Trinajstić information content (AvgIpc) is 2.60. The van der Waals surface area contributed by atoms with Gasteiger partial charge >= 0.3 is 12.0 Å². The molecular weight excluding hydrogens is 338 g/mol. The van der Waals surface area contributed by atoms with Crippen molar-refractivity contribution in [2.45, 2.75) is 26.4 Å². The van der Waals surface area contributed by atoms with E-state index >= 15 is 0 Å². The van der Waals surface area contributed by atoms with E-state index in [2.05, 4.69) is 5.32 Å². The molecule has 0 saturated carbocycles. The number of nitrogens with one attached hydrogen (secondary N) is 1. The summed E-state index contributed by atoms with van der Waals surface area (Å²) in [6, 6.07) is 7.23. The number of carboxylic acid groups (broad SMARTS) is 1. The number of nitrogens with zero attached hydrogens (tertiary/aromatic N) is 2. The molecule has 2 N–H and O–H groups in total. The fourth-order valence-corrected chi connectivity index (χ4v) is 2.72. The lowest BCUT2D eigenvalue weighted by Gasteiger charge is -2.35. The van der Waals surface area contributed by atoms with E-state index in [0.717, 1.165) is 5.56 Å². The number of hydrogen-bond acceptors (Lipinski definition) is 4. The van der Waals surface area contributed by atoms with Crippen LogP contribution in [-0.2, 0) is 9.59 Å². The van der Waals surface area contributed by atoms with Crippen LogP contribution < -0.4 is 10.1 Å². The standard InChI is InChI=1S/C18H25N3O5/c1-13-4-3-5-15(12-13)26-14(2)17(24)20-8-10-21(11-9-20)18(25)19-7-6-16(22)23/h3-5,12,14H,6-11H2,1-2H3,(H,19,25)(H,22,23). The van der Waals surface area contributed by atoms with E-state index in [1.807, 2.05) is 31.2 Å². The predicted octanol–water partition coefficient (Wildman–Crippen LogP) is 1.09. The van der Waals surface area contributed by atoms with Crippen LogP contribution in [0.5, 0.6) is 5.75 Å². The van der Waals surface area contributed by atoms with Gasteiger partial charge in [-0.15, -0.1) is 0 Å². The highest BCUT2D eigenvalue weighted by Gasteiger charge is 2.27. The number of rotatable bonds is 6. The van der Waals surface area contributed by atoms with Gasteiger partial charge in [-0.3, -0.25) is 9.59 Å². The number of aliphatic carboxylic acids is 1. The molecule has 1 heterocycles. The average molecular weight is 363 g/mol. The number of urea groups is 1. The van der Waals surface area contributed by atoms with Gasteiger partial charge in [0.2, 0.25) is 0 Å². The summed E-state index contributed by atoms with van der Waals surface area (Å²) < 4.78 is 5.72. The predicted molar refractivity (Wildman–Crippen MR) is 95.1 cm³/mol. The normalized spacial score (nSPS) is 15.3. The number of carbonyl (C=O) groups excluding carboxylic acids is 2. The molecule has 0 radical (unpaired) electrons. The van der Waals surface area contributed by atoms with E-state index in [1.165, 1.54) is 0 Å². The molecule has 1 aromatic carbocycles. The number of ether oxygens (including phenoxy) is 1. The van der Waals surface area contributed by atoms with Crippen LogP contribution in [0.2, 0.25) is 0 Å². The molecule has 26 heavy (non-hydrogen) atoms. The quantitative estimate of drug-likeness (QED) is 0.788. The molecule has 1 aliphatic heterocycles. The summed E-state index contributed by atoms with van der Waals surface area (Å²) in [5, 5.41) is 11.2. The van der Waals surface area contributed by atoms with Crippen molar-refractivity contribution in [2.75, 3.05) is 32.7 Å². The zero-order valence-electron chi connectivity index (χ0n) is 15.1. The van der Waals surface area contributed by atoms with Crippen LogP contribution in [0.4, 0.5) is 4.79 Å². The molecule has 1 aromatic rings. The van der Waals surface area contributed by atoms with Crippen LogP contribution >= 0.6 is 0 Å². The molecule has 1 aliphatic rings. The highest BCUT2D eigenvalue weighted by molar-refractivity contribution is 5.81. The Kier molecular flexibility index (Phi) is 6.82. The SMILES string of the molecule is Cc1cccc(OC(C)C(=O)N2CCN(C(=O)NCCC(=O)O)CC2)c1. The lowest BCUT2D eigenvalue weighted by molar-refractivity contribution is -0.139. The zero-order valence-corrected chi connectivity index (χ0v) is 15.1. The van der Waals surface area contributed by atoms with Gasteiger partial charge in [0.15, 0.2) is 6.10 Å². The summed E-state index contributed by atoms with van der Waals surface area (Å²) >= 11 is 0. The molecule has 8 heteroatoms. The second-order valence-corrected chi connectivity index (χ2v) is 6.26. The monoisotopic (exact) mass is 363 g/mol. The van der Waals surface area contributed by atoms with Crippen molar-refractivity contribution >= 4 is 17.9 Å². The van der Waals surface area contributed by atoms with Crippen molar-refractivity contribution in [3.05, 3.63) is 29.8 Å². The number of carbonyl (C=O) groups is 3. The van der Waals surface area contributed by atoms with Crippen LogP contribution in [0.25, 0.3) is 0 Å². The van der Waals surface area contributed by atoms with Gasteiger partial charge < -0.3 is 25.0 Å². The largest absolute Gasteiger partial charge is 0.481 e. The van der Waals surface area contributed by atoms with Gasteiger partial charge in [0.1, 0.15) is 5.75 Å². The fraction of sp³-hybridized carbons (Fsp3) is 0.500. The van der Waals surface area contributed by atoms with E-state index in [1.54, 1.807) is 16.7 Å². The van der Waals surface area contributed by atoms with E-state index in [0.29, 0.717) is 31.9 Å². The first-order chi connectivity index (χ1) is 12.4. The maximum Gasteiger partial charge on any atom is 0.317 e. The third-order valence-corrected chi connectivity index (χ3v) is 4.14. The number of hydrogen-bond donors (Lipinski definition) is 2. The molecule has 0 aromatic heterocycles. The maximum absolute atomic E-state index is 12.5. The Bertz CT molecular complexity index is 656. The van der Waals surface area contributed by atoms with E-state index in [9.17, 15) is 14.4 Å². The number of carboxylic acids is 1. The third kappa shape index (κ3) is 5.65.